The minimum absolute atomic E-state index is 0.177. The molecule has 0 aliphatic carbocycles. The average Bonchev–Trinajstić information content (AvgIpc) is 2.49. The Kier molecular flexibility index (Phi) is 2.31. The largest absolute Gasteiger partial charge is 0.377 e. The Morgan fingerprint density at radius 1 is 1.23 bits per heavy atom. The van der Waals surface area contributed by atoms with Crippen molar-refractivity contribution in [3.05, 3.63) is 35.9 Å². The van der Waals surface area contributed by atoms with Gasteiger partial charge in [0.2, 0.25) is 0 Å². The van der Waals surface area contributed by atoms with Crippen LogP contribution in [0.1, 0.15) is 24.4 Å². The molecule has 1 aromatic carbocycles. The van der Waals surface area contributed by atoms with Gasteiger partial charge in [-0.3, -0.25) is 5.84 Å². The zero-order chi connectivity index (χ0) is 9.26. The second-order valence-corrected chi connectivity index (χ2v) is 3.43. The van der Waals surface area contributed by atoms with Crippen molar-refractivity contribution in [3.63, 3.8) is 0 Å². The van der Waals surface area contributed by atoms with Crippen LogP contribution >= 0.6 is 0 Å². The van der Waals surface area contributed by atoms with E-state index in [1.54, 1.807) is 0 Å². The Labute approximate surface area is 77.7 Å². The van der Waals surface area contributed by atoms with Crippen LogP contribution < -0.4 is 5.84 Å². The molecular weight excluding hydrogens is 164 g/mol. The number of hydrogen-bond donors (Lipinski definition) is 2. The van der Waals surface area contributed by atoms with Gasteiger partial charge in [0.15, 0.2) is 0 Å². The highest BCUT2D eigenvalue weighted by molar-refractivity contribution is 5.19. The van der Waals surface area contributed by atoms with E-state index in [0.29, 0.717) is 0 Å². The Morgan fingerprint density at radius 3 is 2.46 bits per heavy atom. The molecule has 3 N–H and O–H groups in total. The van der Waals surface area contributed by atoms with E-state index in [0.717, 1.165) is 12.8 Å². The molecule has 1 aromatic rings. The van der Waals surface area contributed by atoms with E-state index < -0.39 is 6.23 Å². The summed E-state index contributed by atoms with van der Waals surface area (Å²) in [5, 5.41) is 11.0. The highest BCUT2D eigenvalue weighted by Crippen LogP contribution is 2.31. The maximum absolute atomic E-state index is 9.43. The molecule has 0 saturated carbocycles. The maximum atomic E-state index is 9.43. The van der Waals surface area contributed by atoms with E-state index in [1.807, 2.05) is 30.3 Å². The first-order chi connectivity index (χ1) is 6.29. The highest BCUT2D eigenvalue weighted by atomic mass is 16.3. The molecule has 13 heavy (non-hydrogen) atoms. The predicted octanol–water partition coefficient (Wildman–Crippen LogP) is 1.02. The molecule has 3 nitrogen and oxygen atoms in total. The topological polar surface area (TPSA) is 49.5 Å². The zero-order valence-electron chi connectivity index (χ0n) is 7.43. The van der Waals surface area contributed by atoms with E-state index in [9.17, 15) is 5.11 Å². The second kappa shape index (κ2) is 3.46. The number of rotatable bonds is 1. The fourth-order valence-corrected chi connectivity index (χ4v) is 1.83. The molecule has 2 unspecified atom stereocenters. The average molecular weight is 178 g/mol. The molecular formula is C10H14N2O. The van der Waals surface area contributed by atoms with Crippen LogP contribution in [0.4, 0.5) is 0 Å². The standard InChI is InChI=1S/C10H14N2O/c11-12-9(6-7-10(12)13)8-4-2-1-3-5-8/h1-5,9-10,13H,6-7,11H2. The number of nitrogens with zero attached hydrogens (tertiary/aromatic N) is 1. The van der Waals surface area contributed by atoms with Gasteiger partial charge >= 0.3 is 0 Å². The van der Waals surface area contributed by atoms with Crippen molar-refractivity contribution in [1.29, 1.82) is 0 Å². The molecule has 0 amide bonds. The maximum Gasteiger partial charge on any atom is 0.120 e. The van der Waals surface area contributed by atoms with E-state index in [2.05, 4.69) is 0 Å². The summed E-state index contributed by atoms with van der Waals surface area (Å²) in [5.41, 5.74) is 1.18. The fourth-order valence-electron chi connectivity index (χ4n) is 1.83. The van der Waals surface area contributed by atoms with Crippen LogP contribution in [0.3, 0.4) is 0 Å². The third-order valence-corrected chi connectivity index (χ3v) is 2.59. The molecule has 1 fully saturated rings. The van der Waals surface area contributed by atoms with Crippen LogP contribution in [0.2, 0.25) is 0 Å². The van der Waals surface area contributed by atoms with Crippen LogP contribution in [0.5, 0.6) is 0 Å². The minimum atomic E-state index is -0.481. The lowest BCUT2D eigenvalue weighted by atomic mass is 10.1. The van der Waals surface area contributed by atoms with E-state index >= 15 is 0 Å². The van der Waals surface area contributed by atoms with Gasteiger partial charge in [-0.1, -0.05) is 30.3 Å². The van der Waals surface area contributed by atoms with Crippen molar-refractivity contribution in [3.8, 4) is 0 Å². The first-order valence-electron chi connectivity index (χ1n) is 4.55. The molecule has 1 aliphatic heterocycles. The lowest BCUT2D eigenvalue weighted by molar-refractivity contribution is 0.0163. The van der Waals surface area contributed by atoms with Gasteiger partial charge in [0, 0.05) is 0 Å². The van der Waals surface area contributed by atoms with Crippen LogP contribution in [-0.2, 0) is 0 Å². The normalized spacial score (nSPS) is 29.4. The summed E-state index contributed by atoms with van der Waals surface area (Å²) in [6, 6.07) is 10.2. The quantitative estimate of drug-likeness (QED) is 0.631. The second-order valence-electron chi connectivity index (χ2n) is 3.43. The minimum Gasteiger partial charge on any atom is -0.377 e. The highest BCUT2D eigenvalue weighted by Gasteiger charge is 2.30. The third kappa shape index (κ3) is 1.58. The summed E-state index contributed by atoms with van der Waals surface area (Å²) < 4.78 is 0. The molecule has 1 aliphatic rings. The zero-order valence-corrected chi connectivity index (χ0v) is 7.43. The van der Waals surface area contributed by atoms with Crippen LogP contribution in [0.15, 0.2) is 30.3 Å². The van der Waals surface area contributed by atoms with Gasteiger partial charge < -0.3 is 5.11 Å². The number of aliphatic hydroxyl groups excluding tert-OH is 1. The van der Waals surface area contributed by atoms with Gasteiger partial charge in [-0.2, -0.15) is 0 Å². The van der Waals surface area contributed by atoms with Crippen LogP contribution in [0, 0.1) is 0 Å². The molecule has 0 bridgehead atoms. The van der Waals surface area contributed by atoms with E-state index in [1.165, 1.54) is 10.6 Å². The third-order valence-electron chi connectivity index (χ3n) is 2.59. The first-order valence-corrected chi connectivity index (χ1v) is 4.55. The molecule has 1 saturated heterocycles. The van der Waals surface area contributed by atoms with Gasteiger partial charge in [-0.25, -0.2) is 5.01 Å². The molecule has 0 aromatic heterocycles. The van der Waals surface area contributed by atoms with Crippen molar-refractivity contribution in [2.75, 3.05) is 0 Å². The Bertz CT molecular complexity index is 276. The number of hydrogen-bond acceptors (Lipinski definition) is 3. The summed E-state index contributed by atoms with van der Waals surface area (Å²) in [7, 11) is 0. The number of benzene rings is 1. The predicted molar refractivity (Wildman–Crippen MR) is 50.5 cm³/mol. The first kappa shape index (κ1) is 8.69. The Balaban J connectivity index is 2.19. The summed E-state index contributed by atoms with van der Waals surface area (Å²) in [4.78, 5) is 0. The molecule has 2 rings (SSSR count). The van der Waals surface area contributed by atoms with Gasteiger partial charge in [0.05, 0.1) is 6.04 Å². The number of hydrazine groups is 1. The Hall–Kier alpha value is -0.900. The van der Waals surface area contributed by atoms with Crippen molar-refractivity contribution < 1.29 is 5.11 Å². The van der Waals surface area contributed by atoms with Gasteiger partial charge in [0.1, 0.15) is 6.23 Å². The van der Waals surface area contributed by atoms with Crippen molar-refractivity contribution in [2.45, 2.75) is 25.1 Å². The Morgan fingerprint density at radius 2 is 1.92 bits per heavy atom. The summed E-state index contributed by atoms with van der Waals surface area (Å²) in [6.07, 6.45) is 1.21. The lowest BCUT2D eigenvalue weighted by Crippen LogP contribution is -2.37. The van der Waals surface area contributed by atoms with E-state index in [-0.39, 0.29) is 6.04 Å². The molecule has 0 spiro atoms. The number of nitrogens with two attached hydrogens (primary N) is 1. The van der Waals surface area contributed by atoms with Gasteiger partial charge in [-0.05, 0) is 18.4 Å². The van der Waals surface area contributed by atoms with Crippen LogP contribution in [0.25, 0.3) is 0 Å². The molecule has 0 radical (unpaired) electrons. The SMILES string of the molecule is NN1C(O)CCC1c1ccccc1. The monoisotopic (exact) mass is 178 g/mol. The van der Waals surface area contributed by atoms with Crippen LogP contribution in [-0.4, -0.2) is 16.3 Å². The number of aliphatic hydroxyl groups is 1. The molecule has 1 heterocycles. The van der Waals surface area contributed by atoms with Gasteiger partial charge in [-0.15, -0.1) is 0 Å². The molecule has 2 atom stereocenters. The smallest absolute Gasteiger partial charge is 0.120 e. The van der Waals surface area contributed by atoms with Gasteiger partial charge in [0.25, 0.3) is 0 Å². The van der Waals surface area contributed by atoms with Crippen molar-refractivity contribution in [2.24, 2.45) is 5.84 Å². The summed E-state index contributed by atoms with van der Waals surface area (Å²) in [6.45, 7) is 0. The summed E-state index contributed by atoms with van der Waals surface area (Å²) in [5.74, 6) is 5.74. The molecule has 3 heteroatoms. The fraction of sp³-hybridized carbons (Fsp3) is 0.400. The summed E-state index contributed by atoms with van der Waals surface area (Å²) >= 11 is 0. The van der Waals surface area contributed by atoms with E-state index in [4.69, 9.17) is 5.84 Å². The van der Waals surface area contributed by atoms with Crippen molar-refractivity contribution >= 4 is 0 Å². The lowest BCUT2D eigenvalue weighted by Gasteiger charge is -2.21. The van der Waals surface area contributed by atoms with Crippen molar-refractivity contribution in [1.82, 2.24) is 5.01 Å². The molecule has 70 valence electrons.